The van der Waals surface area contributed by atoms with Crippen LogP contribution >= 0.6 is 0 Å². The van der Waals surface area contributed by atoms with Gasteiger partial charge in [0.1, 0.15) is 0 Å². The average Bonchev–Trinajstić information content (AvgIpc) is 3.06. The third-order valence-electron chi connectivity index (χ3n) is 10.5. The smallest absolute Gasteiger partial charge is 0.306 e. The molecule has 0 spiro atoms. The zero-order chi connectivity index (χ0) is 22.6. The van der Waals surface area contributed by atoms with E-state index in [0.717, 1.165) is 43.9 Å². The van der Waals surface area contributed by atoms with Crippen LogP contribution in [0.15, 0.2) is 11.6 Å². The summed E-state index contributed by atoms with van der Waals surface area (Å²) in [4.78, 5) is 23.2. The number of rotatable bonds is 6. The number of hydrogen-bond acceptors (Lipinski definition) is 3. The minimum Gasteiger partial charge on any atom is -0.481 e. The Morgan fingerprint density at radius 2 is 1.87 bits per heavy atom. The molecule has 0 heterocycles. The lowest BCUT2D eigenvalue weighted by molar-refractivity contribution is -0.141. The van der Waals surface area contributed by atoms with Gasteiger partial charge in [-0.3, -0.25) is 9.59 Å². The highest BCUT2D eigenvalue weighted by Gasteiger charge is 2.61. The summed E-state index contributed by atoms with van der Waals surface area (Å²) in [5, 5.41) is 20.2. The van der Waals surface area contributed by atoms with Crippen molar-refractivity contribution in [2.75, 3.05) is 0 Å². The molecule has 0 radical (unpaired) electrons. The molecule has 0 aliphatic heterocycles. The maximum atomic E-state index is 12.1. The van der Waals surface area contributed by atoms with Crippen molar-refractivity contribution >= 4 is 11.8 Å². The number of fused-ring (bicyclic) bond motifs is 5. The van der Waals surface area contributed by atoms with Gasteiger partial charge >= 0.3 is 5.97 Å². The summed E-state index contributed by atoms with van der Waals surface area (Å²) in [6.07, 6.45) is 11.7. The van der Waals surface area contributed by atoms with E-state index in [0.29, 0.717) is 29.6 Å². The van der Waals surface area contributed by atoms with Crippen molar-refractivity contribution in [3.05, 3.63) is 11.6 Å². The van der Waals surface area contributed by atoms with Gasteiger partial charge in [-0.1, -0.05) is 46.1 Å². The Morgan fingerprint density at radius 1 is 1.13 bits per heavy atom. The second-order valence-electron chi connectivity index (χ2n) is 11.9. The molecule has 0 amide bonds. The molecule has 4 aliphatic carbocycles. The van der Waals surface area contributed by atoms with Gasteiger partial charge in [-0.25, -0.2) is 0 Å². The minimum absolute atomic E-state index is 0.103. The predicted octanol–water partition coefficient (Wildman–Crippen LogP) is 5.63. The molecule has 0 aromatic rings. The van der Waals surface area contributed by atoms with Gasteiger partial charge < -0.3 is 10.2 Å². The Bertz CT molecular complexity index is 756. The molecule has 3 fully saturated rings. The SMILES string of the molecule is CC(CCC[C@@H](C)[C@H]1CC[C@H]2[C@@H]3CCC4=CC(=O)CC(O)[C@]4(C)[C@H]3CC[C@]12C)C(=O)O. The molecule has 174 valence electrons. The summed E-state index contributed by atoms with van der Waals surface area (Å²) >= 11 is 0. The lowest BCUT2D eigenvalue weighted by Crippen LogP contribution is -2.55. The highest BCUT2D eigenvalue weighted by atomic mass is 16.4. The number of hydrogen-bond donors (Lipinski definition) is 2. The first-order valence-electron chi connectivity index (χ1n) is 12.7. The lowest BCUT2D eigenvalue weighted by Gasteiger charge is -2.59. The van der Waals surface area contributed by atoms with Crippen LogP contribution in [0, 0.1) is 46.3 Å². The van der Waals surface area contributed by atoms with Crippen LogP contribution in [-0.4, -0.2) is 28.1 Å². The Morgan fingerprint density at radius 3 is 2.58 bits per heavy atom. The van der Waals surface area contributed by atoms with E-state index in [1.807, 2.05) is 13.0 Å². The van der Waals surface area contributed by atoms with E-state index in [4.69, 9.17) is 5.11 Å². The zero-order valence-corrected chi connectivity index (χ0v) is 19.9. The topological polar surface area (TPSA) is 74.6 Å². The number of carboxylic acid groups (broad SMARTS) is 1. The van der Waals surface area contributed by atoms with Gasteiger partial charge in [0.05, 0.1) is 12.0 Å². The molecule has 9 atom stereocenters. The van der Waals surface area contributed by atoms with Crippen LogP contribution in [0.5, 0.6) is 0 Å². The third kappa shape index (κ3) is 3.71. The fourth-order valence-electron chi connectivity index (χ4n) is 8.65. The van der Waals surface area contributed by atoms with Crippen LogP contribution in [-0.2, 0) is 9.59 Å². The predicted molar refractivity (Wildman–Crippen MR) is 121 cm³/mol. The van der Waals surface area contributed by atoms with Crippen molar-refractivity contribution in [1.29, 1.82) is 0 Å². The molecule has 4 rings (SSSR count). The largest absolute Gasteiger partial charge is 0.481 e. The highest BCUT2D eigenvalue weighted by Crippen LogP contribution is 2.67. The number of aliphatic carboxylic acids is 1. The van der Waals surface area contributed by atoms with E-state index in [2.05, 4.69) is 20.8 Å². The first kappa shape index (κ1) is 23.0. The van der Waals surface area contributed by atoms with E-state index in [1.165, 1.54) is 31.3 Å². The van der Waals surface area contributed by atoms with Crippen molar-refractivity contribution in [3.8, 4) is 0 Å². The van der Waals surface area contributed by atoms with Crippen LogP contribution in [0.1, 0.15) is 91.9 Å². The number of carbonyl (C=O) groups is 2. The second-order valence-corrected chi connectivity index (χ2v) is 11.9. The van der Waals surface area contributed by atoms with Crippen LogP contribution < -0.4 is 0 Å². The molecule has 4 nitrogen and oxygen atoms in total. The third-order valence-corrected chi connectivity index (χ3v) is 10.5. The monoisotopic (exact) mass is 430 g/mol. The van der Waals surface area contributed by atoms with Crippen molar-refractivity contribution in [2.24, 2.45) is 46.3 Å². The van der Waals surface area contributed by atoms with Crippen LogP contribution in [0.3, 0.4) is 0 Å². The normalized spacial score (nSPS) is 44.0. The van der Waals surface area contributed by atoms with Gasteiger partial charge in [-0.2, -0.15) is 0 Å². The Hall–Kier alpha value is -1.16. The lowest BCUT2D eigenvalue weighted by atomic mass is 9.46. The van der Waals surface area contributed by atoms with Gasteiger partial charge in [0.25, 0.3) is 0 Å². The van der Waals surface area contributed by atoms with E-state index >= 15 is 0 Å². The number of aliphatic hydroxyl groups excluding tert-OH is 1. The fraction of sp³-hybridized carbons (Fsp3) is 0.852. The van der Waals surface area contributed by atoms with E-state index in [-0.39, 0.29) is 17.1 Å². The van der Waals surface area contributed by atoms with Crippen LogP contribution in [0.4, 0.5) is 0 Å². The van der Waals surface area contributed by atoms with Crippen LogP contribution in [0.25, 0.3) is 0 Å². The molecule has 0 aromatic carbocycles. The molecule has 0 saturated heterocycles. The van der Waals surface area contributed by atoms with Crippen molar-refractivity contribution in [3.63, 3.8) is 0 Å². The number of carboxylic acids is 1. The van der Waals surface area contributed by atoms with Gasteiger partial charge in [0, 0.05) is 11.8 Å². The van der Waals surface area contributed by atoms with E-state index in [9.17, 15) is 14.7 Å². The molecule has 2 unspecified atom stereocenters. The standard InChI is InChI=1S/C27H42O4/c1-16(6-5-7-17(2)25(30)31)21-10-11-22-20-9-8-18-14-19(28)15-24(29)27(18,4)23(20)12-13-26(21,22)3/h14,16-17,20-24,29H,5-13,15H2,1-4H3,(H,30,31)/t16-,17?,20+,21-,22+,23+,24?,26-,27+/m1/s1. The van der Waals surface area contributed by atoms with Crippen LogP contribution in [0.2, 0.25) is 0 Å². The van der Waals surface area contributed by atoms with Gasteiger partial charge in [0.15, 0.2) is 5.78 Å². The number of carbonyl (C=O) groups excluding carboxylic acids is 1. The number of aliphatic hydroxyl groups is 1. The molecule has 3 saturated carbocycles. The molecule has 0 bridgehead atoms. The molecular formula is C27H42O4. The van der Waals surface area contributed by atoms with Gasteiger partial charge in [-0.15, -0.1) is 0 Å². The Balaban J connectivity index is 1.47. The summed E-state index contributed by atoms with van der Waals surface area (Å²) in [5.41, 5.74) is 1.37. The van der Waals surface area contributed by atoms with Gasteiger partial charge in [0.2, 0.25) is 0 Å². The van der Waals surface area contributed by atoms with E-state index < -0.39 is 12.1 Å². The van der Waals surface area contributed by atoms with Gasteiger partial charge in [-0.05, 0) is 86.0 Å². The zero-order valence-electron chi connectivity index (χ0n) is 19.9. The van der Waals surface area contributed by atoms with Crippen molar-refractivity contribution in [1.82, 2.24) is 0 Å². The summed E-state index contributed by atoms with van der Waals surface area (Å²) in [5.74, 6) is 2.43. The molecule has 31 heavy (non-hydrogen) atoms. The van der Waals surface area contributed by atoms with Crippen molar-refractivity contribution in [2.45, 2.75) is 98.0 Å². The summed E-state index contributed by atoms with van der Waals surface area (Å²) in [7, 11) is 0. The molecule has 4 aliphatic rings. The van der Waals surface area contributed by atoms with E-state index in [1.54, 1.807) is 0 Å². The Labute approximate surface area is 187 Å². The average molecular weight is 431 g/mol. The molecule has 0 aromatic heterocycles. The highest BCUT2D eigenvalue weighted by molar-refractivity contribution is 5.92. The molecular weight excluding hydrogens is 388 g/mol. The molecule has 4 heteroatoms. The summed E-state index contributed by atoms with van der Waals surface area (Å²) < 4.78 is 0. The second kappa shape index (κ2) is 8.32. The summed E-state index contributed by atoms with van der Waals surface area (Å²) in [6, 6.07) is 0. The summed E-state index contributed by atoms with van der Waals surface area (Å²) in [6.45, 7) is 9.00. The number of ketones is 1. The maximum Gasteiger partial charge on any atom is 0.306 e. The minimum atomic E-state index is -0.676. The van der Waals surface area contributed by atoms with Crippen molar-refractivity contribution < 1.29 is 19.8 Å². The fourth-order valence-corrected chi connectivity index (χ4v) is 8.65. The Kier molecular flexibility index (Phi) is 6.17. The molecule has 2 N–H and O–H groups in total. The first-order chi connectivity index (χ1) is 14.6. The quantitative estimate of drug-likeness (QED) is 0.572. The first-order valence-corrected chi connectivity index (χ1v) is 12.7. The maximum absolute atomic E-state index is 12.1.